The van der Waals surface area contributed by atoms with E-state index in [2.05, 4.69) is 35.0 Å². The van der Waals surface area contributed by atoms with Crippen molar-refractivity contribution < 1.29 is 0 Å². The number of halogens is 1. The van der Waals surface area contributed by atoms with Crippen LogP contribution in [0, 0.1) is 0 Å². The van der Waals surface area contributed by atoms with Crippen LogP contribution in [0.2, 0.25) is 0 Å². The van der Waals surface area contributed by atoms with E-state index in [1.165, 1.54) is 0 Å². The van der Waals surface area contributed by atoms with E-state index in [1.807, 2.05) is 6.92 Å². The molecular weight excluding hydrogens is 197 g/mol. The Morgan fingerprint density at radius 1 is 1.23 bits per heavy atom. The van der Waals surface area contributed by atoms with Gasteiger partial charge >= 0.3 is 0 Å². The van der Waals surface area contributed by atoms with E-state index in [0.717, 1.165) is 26.1 Å². The summed E-state index contributed by atoms with van der Waals surface area (Å²) in [6, 6.07) is 2.64. The molecule has 5 heteroatoms. The normalized spacial score (nSPS) is 8.00. The predicted octanol–water partition coefficient (Wildman–Crippen LogP) is 1.17. The smallest absolute Gasteiger partial charge is 0.0892 e. The fourth-order valence-electron chi connectivity index (χ4n) is 0.637. The Kier molecular flexibility index (Phi) is 22.4. The van der Waals surface area contributed by atoms with Gasteiger partial charge in [0.2, 0.25) is 0 Å². The standard InChI is InChI=1S/C8H17N3.ClH.Na/c1-4-9-8-10-6-5-7-11(2)3;;/h4-7H2,1-3H3;1H;. The van der Waals surface area contributed by atoms with E-state index in [-0.39, 0.29) is 42.0 Å². The van der Waals surface area contributed by atoms with Crippen LogP contribution in [0.1, 0.15) is 13.3 Å². The Morgan fingerprint density at radius 3 is 2.31 bits per heavy atom. The van der Waals surface area contributed by atoms with Gasteiger partial charge in [0.1, 0.15) is 0 Å². The molecule has 0 saturated heterocycles. The summed E-state index contributed by atoms with van der Waals surface area (Å²) in [6.45, 7) is 4.67. The number of hydrogen-bond donors (Lipinski definition) is 0. The molecule has 0 rings (SSSR count). The van der Waals surface area contributed by atoms with E-state index in [0.29, 0.717) is 0 Å². The van der Waals surface area contributed by atoms with Gasteiger partial charge in [-0.3, -0.25) is 0 Å². The molecule has 0 heterocycles. The van der Waals surface area contributed by atoms with Crippen LogP contribution in [0.4, 0.5) is 0 Å². The van der Waals surface area contributed by atoms with Gasteiger partial charge in [-0.1, -0.05) is 0 Å². The van der Waals surface area contributed by atoms with Gasteiger partial charge in [-0.15, -0.1) is 12.4 Å². The molecule has 0 aromatic heterocycles. The minimum Gasteiger partial charge on any atom is -0.309 e. The largest absolute Gasteiger partial charge is 0.309 e. The average molecular weight is 215 g/mol. The molecule has 73 valence electrons. The van der Waals surface area contributed by atoms with E-state index in [4.69, 9.17) is 0 Å². The van der Waals surface area contributed by atoms with Crippen molar-refractivity contribution in [2.24, 2.45) is 9.98 Å². The van der Waals surface area contributed by atoms with Crippen LogP contribution < -0.4 is 0 Å². The molecule has 0 bridgehead atoms. The summed E-state index contributed by atoms with van der Waals surface area (Å²) in [5.41, 5.74) is 0. The number of rotatable bonds is 5. The van der Waals surface area contributed by atoms with Gasteiger partial charge in [-0.05, 0) is 34.0 Å². The Morgan fingerprint density at radius 2 is 1.85 bits per heavy atom. The predicted molar refractivity (Wildman–Crippen MR) is 61.4 cm³/mol. The van der Waals surface area contributed by atoms with E-state index < -0.39 is 0 Å². The summed E-state index contributed by atoms with van der Waals surface area (Å²) in [7, 11) is 4.12. The molecular formula is C8H18ClN3Na. The van der Waals surface area contributed by atoms with Crippen LogP contribution in [0.3, 0.4) is 0 Å². The zero-order valence-corrected chi connectivity index (χ0v) is 11.9. The SMILES string of the molecule is CCN=C=NCCCN(C)C.Cl.[Na]. The monoisotopic (exact) mass is 214 g/mol. The molecule has 0 amide bonds. The molecule has 0 aromatic rings. The van der Waals surface area contributed by atoms with Crippen molar-refractivity contribution in [1.82, 2.24) is 4.90 Å². The van der Waals surface area contributed by atoms with Crippen LogP contribution in [0.25, 0.3) is 0 Å². The molecule has 1 radical (unpaired) electrons. The van der Waals surface area contributed by atoms with Crippen LogP contribution in [-0.2, 0) is 0 Å². The second-order valence-electron chi connectivity index (χ2n) is 2.61. The third kappa shape index (κ3) is 19.2. The second-order valence-corrected chi connectivity index (χ2v) is 2.61. The minimum absolute atomic E-state index is 0. The first-order valence-corrected chi connectivity index (χ1v) is 4.00. The fourth-order valence-corrected chi connectivity index (χ4v) is 0.637. The minimum atomic E-state index is 0. The van der Waals surface area contributed by atoms with Crippen molar-refractivity contribution in [3.63, 3.8) is 0 Å². The molecule has 0 saturated carbocycles. The van der Waals surface area contributed by atoms with E-state index in [9.17, 15) is 0 Å². The van der Waals surface area contributed by atoms with Gasteiger partial charge in [0.25, 0.3) is 0 Å². The van der Waals surface area contributed by atoms with Crippen LogP contribution in [-0.4, -0.2) is 74.2 Å². The van der Waals surface area contributed by atoms with Crippen LogP contribution in [0.5, 0.6) is 0 Å². The molecule has 0 aliphatic carbocycles. The van der Waals surface area contributed by atoms with E-state index >= 15 is 0 Å². The number of aliphatic imine (C=N–C) groups is 2. The summed E-state index contributed by atoms with van der Waals surface area (Å²) in [6.07, 6.45) is 1.08. The Labute approximate surface area is 109 Å². The average Bonchev–Trinajstić information content (AvgIpc) is 1.96. The second kappa shape index (κ2) is 15.1. The summed E-state index contributed by atoms with van der Waals surface area (Å²) < 4.78 is 0. The van der Waals surface area contributed by atoms with E-state index in [1.54, 1.807) is 0 Å². The maximum atomic E-state index is 3.99. The van der Waals surface area contributed by atoms with Gasteiger partial charge in [0.15, 0.2) is 0 Å². The first kappa shape index (κ1) is 19.2. The van der Waals surface area contributed by atoms with Gasteiger partial charge in [0, 0.05) is 36.1 Å². The summed E-state index contributed by atoms with van der Waals surface area (Å²) in [5, 5.41) is 0. The molecule has 0 aliphatic heterocycles. The number of hydrogen-bond acceptors (Lipinski definition) is 3. The Balaban J connectivity index is -0.000000500. The molecule has 0 spiro atoms. The summed E-state index contributed by atoms with van der Waals surface area (Å²) >= 11 is 0. The molecule has 0 atom stereocenters. The molecule has 0 N–H and O–H groups in total. The van der Waals surface area contributed by atoms with Crippen molar-refractivity contribution in [3.05, 3.63) is 0 Å². The first-order chi connectivity index (χ1) is 5.27. The maximum absolute atomic E-state index is 3.99. The van der Waals surface area contributed by atoms with Crippen molar-refractivity contribution in [3.8, 4) is 0 Å². The molecule has 0 aliphatic rings. The summed E-state index contributed by atoms with van der Waals surface area (Å²) in [5.74, 6) is 0. The van der Waals surface area contributed by atoms with Crippen LogP contribution >= 0.6 is 12.4 Å². The molecule has 13 heavy (non-hydrogen) atoms. The molecule has 0 fully saturated rings. The van der Waals surface area contributed by atoms with Gasteiger partial charge in [0.05, 0.1) is 12.6 Å². The third-order valence-electron chi connectivity index (χ3n) is 1.17. The Hall–Kier alpha value is 0.630. The van der Waals surface area contributed by atoms with Crippen molar-refractivity contribution in [2.45, 2.75) is 13.3 Å². The molecule has 0 unspecified atom stereocenters. The maximum Gasteiger partial charge on any atom is 0.0892 e. The zero-order chi connectivity index (χ0) is 8.53. The van der Waals surface area contributed by atoms with Gasteiger partial charge in [-0.25, -0.2) is 9.98 Å². The van der Waals surface area contributed by atoms with Crippen LogP contribution in [0.15, 0.2) is 9.98 Å². The Bertz CT molecular complexity index is 144. The van der Waals surface area contributed by atoms with Crippen molar-refractivity contribution >= 4 is 48.0 Å². The zero-order valence-electron chi connectivity index (χ0n) is 9.08. The fraction of sp³-hybridized carbons (Fsp3) is 0.875. The van der Waals surface area contributed by atoms with Gasteiger partial charge < -0.3 is 4.90 Å². The summed E-state index contributed by atoms with van der Waals surface area (Å²) in [4.78, 5) is 9.99. The van der Waals surface area contributed by atoms with Crippen molar-refractivity contribution in [2.75, 3.05) is 33.7 Å². The quantitative estimate of drug-likeness (QED) is 0.384. The number of nitrogens with zero attached hydrogens (tertiary/aromatic N) is 3. The molecule has 3 nitrogen and oxygen atoms in total. The van der Waals surface area contributed by atoms with Gasteiger partial charge in [-0.2, -0.15) is 0 Å². The topological polar surface area (TPSA) is 28.0 Å². The first-order valence-electron chi connectivity index (χ1n) is 4.00. The van der Waals surface area contributed by atoms with Crippen molar-refractivity contribution in [1.29, 1.82) is 0 Å². The molecule has 0 aromatic carbocycles. The third-order valence-corrected chi connectivity index (χ3v) is 1.17.